The molecule has 0 saturated carbocycles. The Morgan fingerprint density at radius 3 is 2.21 bits per heavy atom. The highest BCUT2D eigenvalue weighted by molar-refractivity contribution is 6.74. The third-order valence-electron chi connectivity index (χ3n) is 4.22. The van der Waals surface area contributed by atoms with Crippen LogP contribution in [0.15, 0.2) is 12.1 Å². The molecule has 0 aliphatic heterocycles. The van der Waals surface area contributed by atoms with Crippen LogP contribution in [0, 0.1) is 6.92 Å². The van der Waals surface area contributed by atoms with Gasteiger partial charge in [0.15, 0.2) is 8.32 Å². The van der Waals surface area contributed by atoms with Crippen molar-refractivity contribution in [2.24, 2.45) is 0 Å². The number of hydrogen-bond acceptors (Lipinski definition) is 4. The van der Waals surface area contributed by atoms with Crippen molar-refractivity contribution >= 4 is 20.2 Å². The Morgan fingerprint density at radius 2 is 1.75 bits per heavy atom. The van der Waals surface area contributed by atoms with Gasteiger partial charge < -0.3 is 9.16 Å². The number of aryl methyl sites for hydroxylation is 1. The maximum Gasteiger partial charge on any atom is 0.413 e. The predicted molar refractivity (Wildman–Crippen MR) is 101 cm³/mol. The van der Waals surface area contributed by atoms with Gasteiger partial charge in [0, 0.05) is 5.69 Å². The third kappa shape index (κ3) is 6.24. The van der Waals surface area contributed by atoms with E-state index in [-0.39, 0.29) is 5.04 Å². The Balaban J connectivity index is 2.74. The number of carbonyl (C=O) groups is 1. The summed E-state index contributed by atoms with van der Waals surface area (Å²) in [7, 11) is -1.79. The highest BCUT2D eigenvalue weighted by atomic mass is 28.4. The van der Waals surface area contributed by atoms with E-state index in [0.29, 0.717) is 12.4 Å². The van der Waals surface area contributed by atoms with Crippen molar-refractivity contribution in [1.29, 1.82) is 0 Å². The lowest BCUT2D eigenvalue weighted by Crippen LogP contribution is -2.40. The first-order valence-corrected chi connectivity index (χ1v) is 11.2. The lowest BCUT2D eigenvalue weighted by Gasteiger charge is -2.36. The third-order valence-corrected chi connectivity index (χ3v) is 8.70. The molecule has 136 valence electrons. The van der Waals surface area contributed by atoms with Crippen LogP contribution >= 0.6 is 0 Å². The second-order valence-electron chi connectivity index (χ2n) is 8.62. The molecule has 24 heavy (non-hydrogen) atoms. The summed E-state index contributed by atoms with van der Waals surface area (Å²) >= 11 is 0. The lowest BCUT2D eigenvalue weighted by molar-refractivity contribution is 0.0635. The number of aromatic nitrogens is 1. The second kappa shape index (κ2) is 7.23. The SMILES string of the molecule is Cc1nc(NC(=O)OC(C)(C)C)ccc1CO[Si](C)(C)C(C)(C)C. The van der Waals surface area contributed by atoms with Gasteiger partial charge >= 0.3 is 6.09 Å². The molecule has 0 radical (unpaired) electrons. The van der Waals surface area contributed by atoms with Gasteiger partial charge in [-0.3, -0.25) is 5.32 Å². The van der Waals surface area contributed by atoms with Crippen LogP contribution in [-0.2, 0) is 15.8 Å². The van der Waals surface area contributed by atoms with Crippen LogP contribution in [-0.4, -0.2) is 25.0 Å². The molecular formula is C18H32N2O3Si. The van der Waals surface area contributed by atoms with E-state index in [1.807, 2.05) is 33.8 Å². The van der Waals surface area contributed by atoms with E-state index in [1.165, 1.54) is 0 Å². The van der Waals surface area contributed by atoms with Gasteiger partial charge in [0.1, 0.15) is 11.4 Å². The average molecular weight is 353 g/mol. The zero-order valence-corrected chi connectivity index (χ0v) is 17.5. The number of hydrogen-bond donors (Lipinski definition) is 1. The van der Waals surface area contributed by atoms with Crippen molar-refractivity contribution in [2.75, 3.05) is 5.32 Å². The smallest absolute Gasteiger partial charge is 0.413 e. The maximum absolute atomic E-state index is 11.8. The van der Waals surface area contributed by atoms with Gasteiger partial charge in [-0.15, -0.1) is 0 Å². The Hall–Kier alpha value is -1.40. The van der Waals surface area contributed by atoms with E-state index in [4.69, 9.17) is 9.16 Å². The molecule has 0 fully saturated rings. The van der Waals surface area contributed by atoms with Crippen LogP contribution in [0.4, 0.5) is 10.6 Å². The number of nitrogens with zero attached hydrogens (tertiary/aromatic N) is 1. The summed E-state index contributed by atoms with van der Waals surface area (Å²) in [5, 5.41) is 2.83. The highest BCUT2D eigenvalue weighted by Crippen LogP contribution is 2.37. The molecule has 0 unspecified atom stereocenters. The fraction of sp³-hybridized carbons (Fsp3) is 0.667. The van der Waals surface area contributed by atoms with Gasteiger partial charge in [0.05, 0.1) is 6.61 Å². The van der Waals surface area contributed by atoms with Crippen molar-refractivity contribution in [2.45, 2.75) is 78.8 Å². The minimum atomic E-state index is -1.79. The second-order valence-corrected chi connectivity index (χ2v) is 13.4. The molecule has 0 spiro atoms. The van der Waals surface area contributed by atoms with Crippen LogP contribution in [0.1, 0.15) is 52.8 Å². The van der Waals surface area contributed by atoms with Crippen molar-refractivity contribution in [3.8, 4) is 0 Å². The molecule has 1 heterocycles. The molecule has 1 rings (SSSR count). The first kappa shape index (κ1) is 20.6. The number of rotatable bonds is 4. The number of anilines is 1. The van der Waals surface area contributed by atoms with Crippen molar-refractivity contribution in [1.82, 2.24) is 4.98 Å². The molecule has 0 atom stereocenters. The number of nitrogens with one attached hydrogen (secondary N) is 1. The summed E-state index contributed by atoms with van der Waals surface area (Å²) in [5.41, 5.74) is 1.35. The zero-order chi connectivity index (χ0) is 18.8. The van der Waals surface area contributed by atoms with E-state index in [2.05, 4.69) is 44.2 Å². The number of amides is 1. The minimum Gasteiger partial charge on any atom is -0.444 e. The van der Waals surface area contributed by atoms with Crippen molar-refractivity contribution in [3.63, 3.8) is 0 Å². The quantitative estimate of drug-likeness (QED) is 0.751. The van der Waals surface area contributed by atoms with Crippen molar-refractivity contribution < 1.29 is 14.0 Å². The Bertz CT molecular complexity index is 587. The molecule has 1 aromatic rings. The summed E-state index contributed by atoms with van der Waals surface area (Å²) in [6.07, 6.45) is -0.500. The molecule has 0 aliphatic rings. The summed E-state index contributed by atoms with van der Waals surface area (Å²) in [4.78, 5) is 16.2. The zero-order valence-electron chi connectivity index (χ0n) is 16.5. The molecular weight excluding hydrogens is 320 g/mol. The fourth-order valence-corrected chi connectivity index (χ4v) is 2.64. The minimum absolute atomic E-state index is 0.173. The van der Waals surface area contributed by atoms with E-state index in [9.17, 15) is 4.79 Å². The van der Waals surface area contributed by atoms with E-state index < -0.39 is 20.0 Å². The van der Waals surface area contributed by atoms with Gasteiger partial charge in [-0.2, -0.15) is 0 Å². The molecule has 0 saturated heterocycles. The first-order valence-electron chi connectivity index (χ1n) is 8.32. The Kier molecular flexibility index (Phi) is 6.22. The van der Waals surface area contributed by atoms with Gasteiger partial charge in [0.25, 0.3) is 0 Å². The number of ether oxygens (including phenoxy) is 1. The topological polar surface area (TPSA) is 60.5 Å². The van der Waals surface area contributed by atoms with Crippen LogP contribution in [0.2, 0.25) is 18.1 Å². The molecule has 1 N–H and O–H groups in total. The highest BCUT2D eigenvalue weighted by Gasteiger charge is 2.37. The molecule has 5 nitrogen and oxygen atoms in total. The molecule has 6 heteroatoms. The Morgan fingerprint density at radius 1 is 1.17 bits per heavy atom. The normalized spacial score (nSPS) is 12.9. The monoisotopic (exact) mass is 352 g/mol. The summed E-state index contributed by atoms with van der Waals surface area (Å²) in [6, 6.07) is 3.73. The molecule has 0 aromatic carbocycles. The van der Waals surface area contributed by atoms with Gasteiger partial charge in [0.2, 0.25) is 0 Å². The summed E-state index contributed by atoms with van der Waals surface area (Å²) in [5.74, 6) is 0.484. The van der Waals surface area contributed by atoms with Crippen molar-refractivity contribution in [3.05, 3.63) is 23.4 Å². The van der Waals surface area contributed by atoms with Crippen LogP contribution in [0.5, 0.6) is 0 Å². The van der Waals surface area contributed by atoms with Crippen LogP contribution < -0.4 is 5.32 Å². The van der Waals surface area contributed by atoms with E-state index >= 15 is 0 Å². The largest absolute Gasteiger partial charge is 0.444 e. The van der Waals surface area contributed by atoms with E-state index in [0.717, 1.165) is 11.3 Å². The number of pyridine rings is 1. The predicted octanol–water partition coefficient (Wildman–Crippen LogP) is 5.26. The van der Waals surface area contributed by atoms with Crippen LogP contribution in [0.25, 0.3) is 0 Å². The Labute approximate surface area is 147 Å². The molecule has 1 amide bonds. The van der Waals surface area contributed by atoms with E-state index in [1.54, 1.807) is 6.07 Å². The van der Waals surface area contributed by atoms with Gasteiger partial charge in [-0.1, -0.05) is 26.8 Å². The average Bonchev–Trinajstić information content (AvgIpc) is 2.33. The molecule has 0 bridgehead atoms. The van der Waals surface area contributed by atoms with Gasteiger partial charge in [-0.05, 0) is 57.5 Å². The molecule has 0 aliphatic carbocycles. The lowest BCUT2D eigenvalue weighted by atomic mass is 10.2. The van der Waals surface area contributed by atoms with Gasteiger partial charge in [-0.25, -0.2) is 9.78 Å². The maximum atomic E-state index is 11.8. The molecule has 1 aromatic heterocycles. The fourth-order valence-electron chi connectivity index (χ4n) is 1.69. The summed E-state index contributed by atoms with van der Waals surface area (Å²) < 4.78 is 11.5. The first-order chi connectivity index (χ1) is 10.7. The van der Waals surface area contributed by atoms with Crippen LogP contribution in [0.3, 0.4) is 0 Å². The summed E-state index contributed by atoms with van der Waals surface area (Å²) in [6.45, 7) is 19.1. The number of carbonyl (C=O) groups excluding carboxylic acids is 1. The standard InChI is InChI=1S/C18H32N2O3Si/c1-13-14(12-22-24(8,9)18(5,6)7)10-11-15(19-13)20-16(21)23-17(2,3)4/h10-11H,12H2,1-9H3,(H,19,20,21).